The van der Waals surface area contributed by atoms with E-state index in [4.69, 9.17) is 9.84 Å². The van der Waals surface area contributed by atoms with Crippen LogP contribution in [0.5, 0.6) is 5.75 Å². The van der Waals surface area contributed by atoms with E-state index in [1.807, 2.05) is 27.7 Å². The minimum absolute atomic E-state index is 0.250. The van der Waals surface area contributed by atoms with Crippen molar-refractivity contribution >= 4 is 6.29 Å². The van der Waals surface area contributed by atoms with Crippen LogP contribution in [0.3, 0.4) is 0 Å². The average molecular weight is 565 g/mol. The molecule has 1 aromatic carbocycles. The summed E-state index contributed by atoms with van der Waals surface area (Å²) < 4.78 is 5.58. The first kappa shape index (κ1) is 40.7. The molecule has 1 fully saturated rings. The van der Waals surface area contributed by atoms with E-state index in [0.29, 0.717) is 18.5 Å². The van der Waals surface area contributed by atoms with Crippen molar-refractivity contribution in [3.05, 3.63) is 29.3 Å². The third-order valence-electron chi connectivity index (χ3n) is 7.18. The molecule has 40 heavy (non-hydrogen) atoms. The van der Waals surface area contributed by atoms with Gasteiger partial charge in [0.05, 0.1) is 13.2 Å². The highest BCUT2D eigenvalue weighted by atomic mass is 16.5. The molecule has 236 valence electrons. The van der Waals surface area contributed by atoms with Crippen molar-refractivity contribution in [1.82, 2.24) is 9.80 Å². The second kappa shape index (κ2) is 29.1. The van der Waals surface area contributed by atoms with Crippen molar-refractivity contribution in [2.75, 3.05) is 46.4 Å². The molecule has 1 aromatic rings. The van der Waals surface area contributed by atoms with E-state index in [1.165, 1.54) is 88.4 Å². The van der Waals surface area contributed by atoms with E-state index in [2.05, 4.69) is 55.8 Å². The summed E-state index contributed by atoms with van der Waals surface area (Å²) in [5.41, 5.74) is 2.77. The lowest BCUT2D eigenvalue weighted by Crippen LogP contribution is -2.31. The highest BCUT2D eigenvalue weighted by Gasteiger charge is 2.32. The molecule has 0 spiro atoms. The number of ether oxygens (including phenoxy) is 1. The van der Waals surface area contributed by atoms with Gasteiger partial charge < -0.3 is 19.5 Å². The highest BCUT2D eigenvalue weighted by Crippen LogP contribution is 2.36. The maximum atomic E-state index is 10.8. The number of hydrogen-bond donors (Lipinski definition) is 1. The third-order valence-corrected chi connectivity index (χ3v) is 7.18. The van der Waals surface area contributed by atoms with Crippen molar-refractivity contribution in [2.45, 2.75) is 138 Å². The maximum absolute atomic E-state index is 10.8. The molecule has 0 aromatic heterocycles. The molecular formula is C35H68N2O3. The molecule has 5 nitrogen and oxygen atoms in total. The maximum Gasteiger partial charge on any atom is 0.133 e. The fourth-order valence-electron chi connectivity index (χ4n) is 5.16. The summed E-state index contributed by atoms with van der Waals surface area (Å²) in [4.78, 5) is 15.7. The van der Waals surface area contributed by atoms with Gasteiger partial charge in [0.2, 0.25) is 0 Å². The van der Waals surface area contributed by atoms with Crippen LogP contribution in [0, 0.1) is 0 Å². The predicted octanol–water partition coefficient (Wildman–Crippen LogP) is 8.52. The number of carbonyl (C=O) groups is 1. The smallest absolute Gasteiger partial charge is 0.133 e. The second-order valence-corrected chi connectivity index (χ2v) is 10.3. The molecular weight excluding hydrogens is 496 g/mol. The van der Waals surface area contributed by atoms with E-state index in [0.717, 1.165) is 31.6 Å². The molecule has 1 N–H and O–H groups in total. The summed E-state index contributed by atoms with van der Waals surface area (Å²) in [5, 5.41) is 7.57. The van der Waals surface area contributed by atoms with Gasteiger partial charge >= 0.3 is 0 Å². The number of aliphatic hydroxyl groups excluding tert-OH is 1. The summed E-state index contributed by atoms with van der Waals surface area (Å²) in [6, 6.07) is 7.22. The second-order valence-electron chi connectivity index (χ2n) is 10.3. The van der Waals surface area contributed by atoms with E-state index in [1.54, 1.807) is 6.92 Å². The van der Waals surface area contributed by atoms with E-state index < -0.39 is 0 Å². The van der Waals surface area contributed by atoms with Gasteiger partial charge in [0.25, 0.3) is 0 Å². The number of rotatable bonds is 14. The van der Waals surface area contributed by atoms with Crippen LogP contribution >= 0.6 is 0 Å². The summed E-state index contributed by atoms with van der Waals surface area (Å²) in [6.07, 6.45) is 15.3. The molecule has 1 saturated heterocycles. The Bertz CT molecular complexity index is 683. The van der Waals surface area contributed by atoms with E-state index in [-0.39, 0.29) is 6.61 Å². The lowest BCUT2D eigenvalue weighted by molar-refractivity contribution is -0.109. The molecule has 2 unspecified atom stereocenters. The summed E-state index contributed by atoms with van der Waals surface area (Å²) in [5.74, 6) is 1.62. The van der Waals surface area contributed by atoms with Gasteiger partial charge in [-0.25, -0.2) is 0 Å². The molecule has 2 aliphatic heterocycles. The minimum Gasteiger partial charge on any atom is -0.493 e. The lowest BCUT2D eigenvalue weighted by Gasteiger charge is -2.20. The summed E-state index contributed by atoms with van der Waals surface area (Å²) in [6.45, 7) is 21.7. The Labute approximate surface area is 250 Å². The standard InChI is InChI=1S/C17H23NO2.C12H27N.C2H6O.2C2H6/c1-2-3-16-11-15(12-18(16)7-8-19)13-4-5-17-14(10-13)6-9-20-17;1-4-6-8-9-10-12-13(3)11-7-5-2;1-2-3;2*1-2/h4-5,8,10,15-16H,2-3,6-7,9,11-12H2,1H3;4-12H2,1-3H3;3H,2H2,1H3;2*1-2H3. The SMILES string of the molecule is CC.CC.CCCC1CC(c2ccc3c(c2)CCO3)CN1CC=O.CCCCCCCN(C)CCCC.CCO. The normalized spacial score (nSPS) is 17.1. The quantitative estimate of drug-likeness (QED) is 0.181. The van der Waals surface area contributed by atoms with Crippen LogP contribution in [0.15, 0.2) is 18.2 Å². The van der Waals surface area contributed by atoms with Gasteiger partial charge in [0, 0.05) is 25.6 Å². The number of carbonyl (C=O) groups excluding carboxylic acids is 1. The highest BCUT2D eigenvalue weighted by molar-refractivity contribution is 5.52. The zero-order chi connectivity index (χ0) is 30.6. The monoisotopic (exact) mass is 565 g/mol. The Morgan fingerprint density at radius 2 is 1.57 bits per heavy atom. The topological polar surface area (TPSA) is 53.0 Å². The van der Waals surface area contributed by atoms with Gasteiger partial charge in [-0.2, -0.15) is 0 Å². The first-order valence-corrected chi connectivity index (χ1v) is 16.8. The zero-order valence-corrected chi connectivity index (χ0v) is 28.1. The summed E-state index contributed by atoms with van der Waals surface area (Å²) >= 11 is 0. The molecule has 0 amide bonds. The first-order valence-electron chi connectivity index (χ1n) is 16.8. The number of benzene rings is 1. The number of aldehydes is 1. The van der Waals surface area contributed by atoms with Crippen LogP contribution in [0.2, 0.25) is 0 Å². The van der Waals surface area contributed by atoms with Crippen LogP contribution in [0.25, 0.3) is 0 Å². The Hall–Kier alpha value is -1.43. The van der Waals surface area contributed by atoms with Crippen LogP contribution in [-0.2, 0) is 11.2 Å². The van der Waals surface area contributed by atoms with Gasteiger partial charge in [0.15, 0.2) is 0 Å². The van der Waals surface area contributed by atoms with E-state index >= 15 is 0 Å². The molecule has 5 heteroatoms. The fourth-order valence-corrected chi connectivity index (χ4v) is 5.16. The molecule has 2 atom stereocenters. The van der Waals surface area contributed by atoms with Gasteiger partial charge in [-0.15, -0.1) is 0 Å². The molecule has 2 heterocycles. The van der Waals surface area contributed by atoms with Crippen LogP contribution in [0.4, 0.5) is 0 Å². The fraction of sp³-hybridized carbons (Fsp3) is 0.800. The molecule has 0 bridgehead atoms. The molecule has 0 saturated carbocycles. The number of hydrogen-bond acceptors (Lipinski definition) is 5. The largest absolute Gasteiger partial charge is 0.493 e. The Morgan fingerprint density at radius 1 is 0.950 bits per heavy atom. The number of fused-ring (bicyclic) bond motifs is 1. The first-order chi connectivity index (χ1) is 19.5. The molecule has 2 aliphatic rings. The van der Waals surface area contributed by atoms with Gasteiger partial charge in [0.1, 0.15) is 12.0 Å². The van der Waals surface area contributed by atoms with Gasteiger partial charge in [-0.3, -0.25) is 4.90 Å². The Morgan fingerprint density at radius 3 is 2.17 bits per heavy atom. The van der Waals surface area contributed by atoms with Crippen LogP contribution in [-0.4, -0.2) is 73.7 Å². The van der Waals surface area contributed by atoms with Crippen LogP contribution < -0.4 is 4.74 Å². The lowest BCUT2D eigenvalue weighted by atomic mass is 9.93. The predicted molar refractivity (Wildman–Crippen MR) is 176 cm³/mol. The zero-order valence-electron chi connectivity index (χ0n) is 28.1. The average Bonchev–Trinajstić information content (AvgIpc) is 3.62. The minimum atomic E-state index is 0.250. The Kier molecular flexibility index (Phi) is 29.6. The van der Waals surface area contributed by atoms with Crippen molar-refractivity contribution in [3.8, 4) is 5.75 Å². The van der Waals surface area contributed by atoms with Crippen molar-refractivity contribution in [2.24, 2.45) is 0 Å². The van der Waals surface area contributed by atoms with Gasteiger partial charge in [-0.05, 0) is 75.9 Å². The third kappa shape index (κ3) is 18.1. The van der Waals surface area contributed by atoms with Crippen molar-refractivity contribution < 1.29 is 14.6 Å². The molecule has 3 rings (SSSR count). The number of aliphatic hydroxyl groups is 1. The molecule has 0 radical (unpaired) electrons. The Balaban J connectivity index is 0. The molecule has 0 aliphatic carbocycles. The van der Waals surface area contributed by atoms with Crippen molar-refractivity contribution in [1.29, 1.82) is 0 Å². The van der Waals surface area contributed by atoms with Crippen LogP contribution in [0.1, 0.15) is 137 Å². The van der Waals surface area contributed by atoms with Crippen molar-refractivity contribution in [3.63, 3.8) is 0 Å². The number of likely N-dealkylation sites (tertiary alicyclic amines) is 1. The number of nitrogens with zero attached hydrogens (tertiary/aromatic N) is 2. The van der Waals surface area contributed by atoms with Gasteiger partial charge in [-0.1, -0.05) is 99.1 Å². The summed E-state index contributed by atoms with van der Waals surface area (Å²) in [7, 11) is 2.25. The number of unbranched alkanes of at least 4 members (excludes halogenated alkanes) is 5. The van der Waals surface area contributed by atoms with E-state index in [9.17, 15) is 4.79 Å².